The van der Waals surface area contributed by atoms with Crippen LogP contribution in [0.2, 0.25) is 0 Å². The standard InChI is InChI=1S/C14H20N2O3/c1-10-8-12-13(19-7-6-18-12)9-11(10)4-3-5-14(17)16-15-2/h8-9,15H,3-7H2,1-2H3,(H,16,17). The molecule has 1 heterocycles. The second-order valence-corrected chi connectivity index (χ2v) is 4.57. The van der Waals surface area contributed by atoms with Gasteiger partial charge in [0.05, 0.1) is 0 Å². The number of aryl methyl sites for hydroxylation is 2. The maximum absolute atomic E-state index is 11.3. The molecule has 1 aromatic rings. The molecule has 0 saturated heterocycles. The van der Waals surface area contributed by atoms with Crippen molar-refractivity contribution in [1.82, 2.24) is 10.9 Å². The van der Waals surface area contributed by atoms with Gasteiger partial charge in [-0.15, -0.1) is 0 Å². The minimum absolute atomic E-state index is 0.0118. The molecule has 0 aliphatic carbocycles. The first-order valence-corrected chi connectivity index (χ1v) is 6.55. The Bertz CT molecular complexity index is 460. The van der Waals surface area contributed by atoms with Crippen LogP contribution in [-0.4, -0.2) is 26.2 Å². The van der Waals surface area contributed by atoms with Crippen LogP contribution in [0.1, 0.15) is 24.0 Å². The average molecular weight is 264 g/mol. The smallest absolute Gasteiger partial charge is 0.234 e. The zero-order valence-electron chi connectivity index (χ0n) is 11.4. The Morgan fingerprint density at radius 1 is 1.26 bits per heavy atom. The minimum Gasteiger partial charge on any atom is -0.486 e. The summed E-state index contributed by atoms with van der Waals surface area (Å²) in [7, 11) is 1.68. The highest BCUT2D eigenvalue weighted by Crippen LogP contribution is 2.33. The van der Waals surface area contributed by atoms with Crippen LogP contribution >= 0.6 is 0 Å². The number of benzene rings is 1. The van der Waals surface area contributed by atoms with Crippen molar-refractivity contribution >= 4 is 5.91 Å². The molecule has 5 nitrogen and oxygen atoms in total. The van der Waals surface area contributed by atoms with Gasteiger partial charge < -0.3 is 9.47 Å². The van der Waals surface area contributed by atoms with Gasteiger partial charge in [0.15, 0.2) is 11.5 Å². The maximum atomic E-state index is 11.3. The van der Waals surface area contributed by atoms with E-state index in [2.05, 4.69) is 17.8 Å². The van der Waals surface area contributed by atoms with Crippen LogP contribution in [0.15, 0.2) is 12.1 Å². The van der Waals surface area contributed by atoms with E-state index >= 15 is 0 Å². The summed E-state index contributed by atoms with van der Waals surface area (Å²) >= 11 is 0. The van der Waals surface area contributed by atoms with Crippen molar-refractivity contribution in [3.05, 3.63) is 23.3 Å². The van der Waals surface area contributed by atoms with Crippen molar-refractivity contribution in [2.45, 2.75) is 26.2 Å². The topological polar surface area (TPSA) is 59.6 Å². The minimum atomic E-state index is 0.0118. The first-order valence-electron chi connectivity index (χ1n) is 6.55. The largest absolute Gasteiger partial charge is 0.486 e. The fourth-order valence-corrected chi connectivity index (χ4v) is 2.14. The Morgan fingerprint density at radius 3 is 2.63 bits per heavy atom. The first kappa shape index (κ1) is 13.7. The van der Waals surface area contributed by atoms with Gasteiger partial charge in [0.1, 0.15) is 13.2 Å². The fraction of sp³-hybridized carbons (Fsp3) is 0.500. The van der Waals surface area contributed by atoms with E-state index < -0.39 is 0 Å². The SMILES string of the molecule is CNNC(=O)CCCc1cc2c(cc1C)OCCO2. The number of hydrazine groups is 1. The van der Waals surface area contributed by atoms with Crippen LogP contribution < -0.4 is 20.3 Å². The lowest BCUT2D eigenvalue weighted by Gasteiger charge is -2.20. The van der Waals surface area contributed by atoms with Crippen LogP contribution in [0, 0.1) is 6.92 Å². The molecule has 19 heavy (non-hydrogen) atoms. The third-order valence-electron chi connectivity index (χ3n) is 3.12. The molecule has 1 aliphatic rings. The number of ether oxygens (including phenoxy) is 2. The van der Waals surface area contributed by atoms with Gasteiger partial charge in [-0.05, 0) is 43.0 Å². The normalized spacial score (nSPS) is 13.2. The third kappa shape index (κ3) is 3.61. The first-order chi connectivity index (χ1) is 9.20. The highest BCUT2D eigenvalue weighted by molar-refractivity contribution is 5.75. The van der Waals surface area contributed by atoms with Crippen molar-refractivity contribution < 1.29 is 14.3 Å². The van der Waals surface area contributed by atoms with Crippen LogP contribution in [0.4, 0.5) is 0 Å². The van der Waals surface area contributed by atoms with E-state index in [-0.39, 0.29) is 5.91 Å². The predicted molar refractivity (Wildman–Crippen MR) is 72.3 cm³/mol. The number of hydrogen-bond donors (Lipinski definition) is 2. The summed E-state index contributed by atoms with van der Waals surface area (Å²) in [5.41, 5.74) is 7.58. The fourth-order valence-electron chi connectivity index (χ4n) is 2.14. The Kier molecular flexibility index (Phi) is 4.63. The molecule has 2 rings (SSSR count). The van der Waals surface area contributed by atoms with Crippen molar-refractivity contribution in [3.63, 3.8) is 0 Å². The van der Waals surface area contributed by atoms with Gasteiger partial charge in [0, 0.05) is 13.5 Å². The second kappa shape index (κ2) is 6.43. The Hall–Kier alpha value is -1.75. The van der Waals surface area contributed by atoms with Crippen LogP contribution in [0.25, 0.3) is 0 Å². The highest BCUT2D eigenvalue weighted by Gasteiger charge is 2.14. The lowest BCUT2D eigenvalue weighted by molar-refractivity contribution is -0.122. The van der Waals surface area contributed by atoms with Gasteiger partial charge in [-0.3, -0.25) is 10.2 Å². The Labute approximate surface area is 113 Å². The summed E-state index contributed by atoms with van der Waals surface area (Å²) in [5.74, 6) is 1.64. The molecule has 0 unspecified atom stereocenters. The monoisotopic (exact) mass is 264 g/mol. The molecule has 0 aromatic heterocycles. The Balaban J connectivity index is 1.95. The van der Waals surface area contributed by atoms with E-state index in [1.165, 1.54) is 11.1 Å². The molecular formula is C14H20N2O3. The molecule has 0 bridgehead atoms. The van der Waals surface area contributed by atoms with Gasteiger partial charge >= 0.3 is 0 Å². The van der Waals surface area contributed by atoms with Gasteiger partial charge in [-0.25, -0.2) is 5.43 Å². The number of fused-ring (bicyclic) bond motifs is 1. The number of rotatable bonds is 5. The molecule has 0 spiro atoms. The summed E-state index contributed by atoms with van der Waals surface area (Å²) in [6.07, 6.45) is 2.18. The van der Waals surface area contributed by atoms with Crippen molar-refractivity contribution in [2.75, 3.05) is 20.3 Å². The summed E-state index contributed by atoms with van der Waals surface area (Å²) < 4.78 is 11.1. The molecule has 2 N–H and O–H groups in total. The third-order valence-corrected chi connectivity index (χ3v) is 3.12. The molecule has 104 valence electrons. The van der Waals surface area contributed by atoms with Crippen LogP contribution in [0.3, 0.4) is 0 Å². The van der Waals surface area contributed by atoms with Crippen molar-refractivity contribution in [2.24, 2.45) is 0 Å². The number of carbonyl (C=O) groups excluding carboxylic acids is 1. The summed E-state index contributed by atoms with van der Waals surface area (Å²) in [6, 6.07) is 4.04. The van der Waals surface area contributed by atoms with E-state index in [1.807, 2.05) is 12.1 Å². The number of carbonyl (C=O) groups is 1. The summed E-state index contributed by atoms with van der Waals surface area (Å²) in [5, 5.41) is 0. The van der Waals surface area contributed by atoms with E-state index in [9.17, 15) is 4.79 Å². The van der Waals surface area contributed by atoms with Crippen molar-refractivity contribution in [1.29, 1.82) is 0 Å². The number of hydrogen-bond acceptors (Lipinski definition) is 4. The van der Waals surface area contributed by atoms with Gasteiger partial charge in [-0.2, -0.15) is 0 Å². The zero-order chi connectivity index (χ0) is 13.7. The van der Waals surface area contributed by atoms with E-state index in [0.29, 0.717) is 19.6 Å². The summed E-state index contributed by atoms with van der Waals surface area (Å²) in [6.45, 7) is 3.26. The number of amides is 1. The quantitative estimate of drug-likeness (QED) is 0.788. The molecule has 0 saturated carbocycles. The van der Waals surface area contributed by atoms with Crippen LogP contribution in [-0.2, 0) is 11.2 Å². The van der Waals surface area contributed by atoms with E-state index in [4.69, 9.17) is 9.47 Å². The molecule has 0 fully saturated rings. The zero-order valence-corrected chi connectivity index (χ0v) is 11.4. The molecule has 0 atom stereocenters. The predicted octanol–water partition coefficient (Wildman–Crippen LogP) is 1.34. The van der Waals surface area contributed by atoms with Gasteiger partial charge in [0.25, 0.3) is 0 Å². The van der Waals surface area contributed by atoms with E-state index in [0.717, 1.165) is 24.3 Å². The molecular weight excluding hydrogens is 244 g/mol. The molecule has 1 aromatic carbocycles. The van der Waals surface area contributed by atoms with E-state index in [1.54, 1.807) is 7.05 Å². The molecule has 0 radical (unpaired) electrons. The second-order valence-electron chi connectivity index (χ2n) is 4.57. The molecule has 1 aliphatic heterocycles. The van der Waals surface area contributed by atoms with Crippen molar-refractivity contribution in [3.8, 4) is 11.5 Å². The van der Waals surface area contributed by atoms with Crippen LogP contribution in [0.5, 0.6) is 11.5 Å². The molecule has 1 amide bonds. The molecule has 5 heteroatoms. The lowest BCUT2D eigenvalue weighted by Crippen LogP contribution is -2.33. The number of nitrogens with one attached hydrogen (secondary N) is 2. The van der Waals surface area contributed by atoms with Gasteiger partial charge in [-0.1, -0.05) is 0 Å². The van der Waals surface area contributed by atoms with Gasteiger partial charge in [0.2, 0.25) is 5.91 Å². The lowest BCUT2D eigenvalue weighted by atomic mass is 10.0. The average Bonchev–Trinajstić information content (AvgIpc) is 2.39. The highest BCUT2D eigenvalue weighted by atomic mass is 16.6. The maximum Gasteiger partial charge on any atom is 0.234 e. The summed E-state index contributed by atoms with van der Waals surface area (Å²) in [4.78, 5) is 11.3. The Morgan fingerprint density at radius 2 is 1.95 bits per heavy atom.